The Labute approximate surface area is 175 Å². The zero-order valence-corrected chi connectivity index (χ0v) is 18.0. The average molecular weight is 434 g/mol. The highest BCUT2D eigenvalue weighted by molar-refractivity contribution is 7.98. The number of amides is 1. The highest BCUT2D eigenvalue weighted by Crippen LogP contribution is 2.26. The highest BCUT2D eigenvalue weighted by Gasteiger charge is 2.15. The number of carbonyl (C=O) groups excluding carboxylic acids is 1. The fourth-order valence-electron chi connectivity index (χ4n) is 2.85. The fourth-order valence-corrected chi connectivity index (χ4v) is 4.51. The molecule has 1 amide bonds. The van der Waals surface area contributed by atoms with Crippen LogP contribution in [-0.4, -0.2) is 30.5 Å². The molecule has 1 aromatic heterocycles. The second kappa shape index (κ2) is 11.8. The molecular weight excluding hydrogens is 409 g/mol. The van der Waals surface area contributed by atoms with Crippen molar-refractivity contribution in [1.82, 2.24) is 15.6 Å². The molecule has 2 N–H and O–H groups in total. The minimum atomic E-state index is 0. The first-order chi connectivity index (χ1) is 11.7. The monoisotopic (exact) mass is 433 g/mol. The van der Waals surface area contributed by atoms with Gasteiger partial charge in [0, 0.05) is 22.6 Å². The van der Waals surface area contributed by atoms with E-state index in [4.69, 9.17) is 0 Å². The molecule has 3 rings (SSSR count). The van der Waals surface area contributed by atoms with E-state index in [0.29, 0.717) is 5.92 Å². The summed E-state index contributed by atoms with van der Waals surface area (Å²) in [7, 11) is 0. The molecule has 0 spiro atoms. The first kappa shape index (κ1) is 23.2. The predicted molar refractivity (Wildman–Crippen MR) is 115 cm³/mol. The van der Waals surface area contributed by atoms with Crippen molar-refractivity contribution in [2.45, 2.75) is 30.4 Å². The summed E-state index contributed by atoms with van der Waals surface area (Å²) in [6.45, 7) is 4.94. The van der Waals surface area contributed by atoms with E-state index >= 15 is 0 Å². The van der Waals surface area contributed by atoms with Crippen LogP contribution >= 0.6 is 47.9 Å². The number of thioether (sulfide) groups is 1. The minimum absolute atomic E-state index is 0. The number of nitrogens with zero attached hydrogens (tertiary/aromatic N) is 1. The summed E-state index contributed by atoms with van der Waals surface area (Å²) in [4.78, 5) is 18.0. The van der Waals surface area contributed by atoms with Crippen LogP contribution in [0.25, 0.3) is 0 Å². The number of nitrogens with one attached hydrogen (secondary N) is 2. The van der Waals surface area contributed by atoms with Crippen LogP contribution in [0.2, 0.25) is 0 Å². The Bertz CT molecular complexity index is 691. The van der Waals surface area contributed by atoms with E-state index in [9.17, 15) is 4.79 Å². The molecule has 26 heavy (non-hydrogen) atoms. The van der Waals surface area contributed by atoms with Crippen molar-refractivity contribution in [3.63, 3.8) is 0 Å². The topological polar surface area (TPSA) is 54.0 Å². The molecule has 0 radical (unpaired) electrons. The van der Waals surface area contributed by atoms with Gasteiger partial charge in [0.15, 0.2) is 0 Å². The Morgan fingerprint density at radius 1 is 1.38 bits per heavy atom. The second-order valence-electron chi connectivity index (χ2n) is 6.05. The van der Waals surface area contributed by atoms with Crippen LogP contribution in [0, 0.1) is 12.8 Å². The van der Waals surface area contributed by atoms with Gasteiger partial charge in [-0.1, -0.05) is 12.1 Å². The van der Waals surface area contributed by atoms with Gasteiger partial charge in [0.1, 0.15) is 0 Å². The normalized spacial score (nSPS) is 15.8. The van der Waals surface area contributed by atoms with Crippen molar-refractivity contribution in [3.8, 4) is 0 Å². The quantitative estimate of drug-likeness (QED) is 0.638. The third-order valence-electron chi connectivity index (χ3n) is 4.17. The number of aryl methyl sites for hydroxylation is 1. The number of rotatable bonds is 7. The minimum Gasteiger partial charge on any atom is -0.352 e. The van der Waals surface area contributed by atoms with Crippen molar-refractivity contribution in [3.05, 3.63) is 45.9 Å². The number of thiazole rings is 1. The third kappa shape index (κ3) is 6.74. The summed E-state index contributed by atoms with van der Waals surface area (Å²) < 4.78 is 0. The second-order valence-corrected chi connectivity index (χ2v) is 8.13. The molecule has 1 aliphatic heterocycles. The summed E-state index contributed by atoms with van der Waals surface area (Å²) >= 11 is 3.34. The van der Waals surface area contributed by atoms with E-state index in [-0.39, 0.29) is 30.7 Å². The van der Waals surface area contributed by atoms with Crippen LogP contribution < -0.4 is 10.6 Å². The molecule has 2 heterocycles. The van der Waals surface area contributed by atoms with Gasteiger partial charge in [-0.05, 0) is 50.9 Å². The highest BCUT2D eigenvalue weighted by atomic mass is 35.5. The van der Waals surface area contributed by atoms with Gasteiger partial charge in [-0.15, -0.1) is 47.9 Å². The lowest BCUT2D eigenvalue weighted by Gasteiger charge is -2.11. The van der Waals surface area contributed by atoms with E-state index in [2.05, 4.69) is 21.0 Å². The maximum atomic E-state index is 12.5. The molecule has 1 unspecified atom stereocenters. The molecule has 1 atom stereocenters. The number of hydrogen-bond donors (Lipinski definition) is 2. The largest absolute Gasteiger partial charge is 0.352 e. The molecule has 1 aliphatic rings. The smallest absolute Gasteiger partial charge is 0.252 e. The zero-order chi connectivity index (χ0) is 16.8. The van der Waals surface area contributed by atoms with E-state index in [1.807, 2.05) is 31.2 Å². The molecule has 0 bridgehead atoms. The van der Waals surface area contributed by atoms with Crippen molar-refractivity contribution in [1.29, 1.82) is 0 Å². The predicted octanol–water partition coefficient (Wildman–Crippen LogP) is 4.32. The average Bonchev–Trinajstić information content (AvgIpc) is 3.25. The van der Waals surface area contributed by atoms with Crippen LogP contribution in [0.5, 0.6) is 0 Å². The number of benzene rings is 1. The Morgan fingerprint density at radius 2 is 2.19 bits per heavy atom. The van der Waals surface area contributed by atoms with Crippen molar-refractivity contribution in [2.24, 2.45) is 5.92 Å². The Balaban J connectivity index is 0.00000169. The van der Waals surface area contributed by atoms with Crippen LogP contribution in [0.15, 0.2) is 34.5 Å². The number of hydrogen-bond acceptors (Lipinski definition) is 5. The van der Waals surface area contributed by atoms with Crippen LogP contribution in [0.1, 0.15) is 33.9 Å². The van der Waals surface area contributed by atoms with Gasteiger partial charge in [0.2, 0.25) is 0 Å². The third-order valence-corrected chi connectivity index (χ3v) is 6.10. The standard InChI is InChI=1S/C18H23N3OS2.2ClH/c1-13-21-15(11-23-13)12-24-17-5-3-2-4-16(17)18(22)20-9-7-14-6-8-19-10-14;;/h2-5,11,14,19H,6-10,12H2,1H3,(H,20,22);2*1H. The Morgan fingerprint density at radius 3 is 2.88 bits per heavy atom. The maximum Gasteiger partial charge on any atom is 0.252 e. The molecule has 1 saturated heterocycles. The van der Waals surface area contributed by atoms with Gasteiger partial charge >= 0.3 is 0 Å². The van der Waals surface area contributed by atoms with Gasteiger partial charge in [-0.2, -0.15) is 0 Å². The van der Waals surface area contributed by atoms with Crippen LogP contribution in [0.4, 0.5) is 0 Å². The SMILES string of the molecule is Cc1nc(CSc2ccccc2C(=O)NCCC2CCNC2)cs1.Cl.Cl. The molecule has 8 heteroatoms. The van der Waals surface area contributed by atoms with Gasteiger partial charge < -0.3 is 10.6 Å². The number of aromatic nitrogens is 1. The Kier molecular flexibility index (Phi) is 10.6. The Hall–Kier alpha value is -0.790. The summed E-state index contributed by atoms with van der Waals surface area (Å²) in [5, 5.41) is 9.60. The van der Waals surface area contributed by atoms with Gasteiger partial charge in [-0.3, -0.25) is 4.79 Å². The zero-order valence-electron chi connectivity index (χ0n) is 14.7. The lowest BCUT2D eigenvalue weighted by Crippen LogP contribution is -2.26. The molecule has 0 aliphatic carbocycles. The summed E-state index contributed by atoms with van der Waals surface area (Å²) in [5.41, 5.74) is 1.84. The molecule has 1 fully saturated rings. The first-order valence-corrected chi connectivity index (χ1v) is 10.2. The van der Waals surface area contributed by atoms with Crippen molar-refractivity contribution >= 4 is 53.8 Å². The summed E-state index contributed by atoms with van der Waals surface area (Å²) in [6.07, 6.45) is 2.27. The lowest BCUT2D eigenvalue weighted by molar-refractivity contribution is 0.0948. The van der Waals surface area contributed by atoms with Crippen molar-refractivity contribution in [2.75, 3.05) is 19.6 Å². The van der Waals surface area contributed by atoms with Gasteiger partial charge in [-0.25, -0.2) is 4.98 Å². The number of halogens is 2. The molecule has 0 saturated carbocycles. The van der Waals surface area contributed by atoms with Gasteiger partial charge in [0.25, 0.3) is 5.91 Å². The van der Waals surface area contributed by atoms with E-state index in [0.717, 1.165) is 53.0 Å². The molecule has 2 aromatic rings. The van der Waals surface area contributed by atoms with Crippen molar-refractivity contribution < 1.29 is 4.79 Å². The summed E-state index contributed by atoms with van der Waals surface area (Å²) in [5.74, 6) is 1.52. The summed E-state index contributed by atoms with van der Waals surface area (Å²) in [6, 6.07) is 7.82. The first-order valence-electron chi connectivity index (χ1n) is 8.34. The molecule has 1 aromatic carbocycles. The molecular formula is C18H25Cl2N3OS2. The maximum absolute atomic E-state index is 12.5. The number of carbonyl (C=O) groups is 1. The van der Waals surface area contributed by atoms with E-state index in [1.54, 1.807) is 23.1 Å². The van der Waals surface area contributed by atoms with Gasteiger partial charge in [0.05, 0.1) is 16.3 Å². The van der Waals surface area contributed by atoms with Crippen LogP contribution in [-0.2, 0) is 5.75 Å². The lowest BCUT2D eigenvalue weighted by atomic mass is 10.1. The van der Waals surface area contributed by atoms with Crippen LogP contribution in [0.3, 0.4) is 0 Å². The van der Waals surface area contributed by atoms with E-state index < -0.39 is 0 Å². The molecule has 4 nitrogen and oxygen atoms in total. The molecule has 144 valence electrons. The van der Waals surface area contributed by atoms with E-state index in [1.165, 1.54) is 6.42 Å². The fraction of sp³-hybridized carbons (Fsp3) is 0.444.